The van der Waals surface area contributed by atoms with E-state index in [-0.39, 0.29) is 16.1 Å². The van der Waals surface area contributed by atoms with Gasteiger partial charge in [0.15, 0.2) is 9.84 Å². The van der Waals surface area contributed by atoms with Crippen molar-refractivity contribution >= 4 is 9.84 Å². The second-order valence-electron chi connectivity index (χ2n) is 4.89. The lowest BCUT2D eigenvalue weighted by molar-refractivity contribution is 0.365. The Balaban J connectivity index is 2.79. The first kappa shape index (κ1) is 14.1. The number of hydrogen-bond acceptors (Lipinski definition) is 3. The maximum Gasteiger partial charge on any atom is 0.178 e. The van der Waals surface area contributed by atoms with Crippen LogP contribution in [0.1, 0.15) is 20.3 Å². The van der Waals surface area contributed by atoms with Gasteiger partial charge in [0.1, 0.15) is 5.82 Å². The Bertz CT molecular complexity index is 466. The Kier molecular flexibility index (Phi) is 4.27. The predicted octanol–water partition coefficient (Wildman–Crippen LogP) is 1.97. The summed E-state index contributed by atoms with van der Waals surface area (Å²) in [5.41, 5.74) is 5.35. The zero-order valence-corrected chi connectivity index (χ0v) is 10.9. The van der Waals surface area contributed by atoms with Crippen molar-refractivity contribution in [1.82, 2.24) is 0 Å². The zero-order valence-electron chi connectivity index (χ0n) is 10.1. The third kappa shape index (κ3) is 4.09. The van der Waals surface area contributed by atoms with E-state index in [1.54, 1.807) is 0 Å². The van der Waals surface area contributed by atoms with Crippen LogP contribution in [0.3, 0.4) is 0 Å². The molecule has 96 valence electrons. The number of halogens is 1. The van der Waals surface area contributed by atoms with E-state index in [4.69, 9.17) is 5.73 Å². The summed E-state index contributed by atoms with van der Waals surface area (Å²) in [6.07, 6.45) is 0.489. The molecule has 0 radical (unpaired) electrons. The van der Waals surface area contributed by atoms with Gasteiger partial charge in [-0.2, -0.15) is 0 Å². The fraction of sp³-hybridized carbons (Fsp3) is 0.500. The first-order chi connectivity index (χ1) is 7.77. The van der Waals surface area contributed by atoms with Crippen molar-refractivity contribution in [1.29, 1.82) is 0 Å². The van der Waals surface area contributed by atoms with Crippen LogP contribution in [0.15, 0.2) is 29.2 Å². The second-order valence-corrected chi connectivity index (χ2v) is 7.00. The largest absolute Gasteiger partial charge is 0.330 e. The van der Waals surface area contributed by atoms with Crippen molar-refractivity contribution in [2.24, 2.45) is 11.1 Å². The van der Waals surface area contributed by atoms with Gasteiger partial charge in [0.05, 0.1) is 10.6 Å². The van der Waals surface area contributed by atoms with Gasteiger partial charge in [-0.1, -0.05) is 13.8 Å². The van der Waals surface area contributed by atoms with Gasteiger partial charge in [0.2, 0.25) is 0 Å². The van der Waals surface area contributed by atoms with Gasteiger partial charge < -0.3 is 5.73 Å². The molecule has 0 aliphatic heterocycles. The van der Waals surface area contributed by atoms with Gasteiger partial charge >= 0.3 is 0 Å². The van der Waals surface area contributed by atoms with Crippen LogP contribution >= 0.6 is 0 Å². The second kappa shape index (κ2) is 5.14. The average Bonchev–Trinajstić information content (AvgIpc) is 2.27. The maximum absolute atomic E-state index is 12.7. The highest BCUT2D eigenvalue weighted by molar-refractivity contribution is 7.91. The van der Waals surface area contributed by atoms with Crippen LogP contribution in [0, 0.1) is 11.2 Å². The molecule has 1 aromatic carbocycles. The lowest BCUT2D eigenvalue weighted by Crippen LogP contribution is -2.26. The third-order valence-corrected chi connectivity index (χ3v) is 4.50. The summed E-state index contributed by atoms with van der Waals surface area (Å²) in [4.78, 5) is 0.159. The SMILES string of the molecule is CC(C)(CN)CCS(=O)(=O)c1ccc(F)cc1. The standard InChI is InChI=1S/C12H18FNO2S/c1-12(2,9-14)7-8-17(15,16)11-5-3-10(13)4-6-11/h3-6H,7-9,14H2,1-2H3. The van der Waals surface area contributed by atoms with E-state index in [1.807, 2.05) is 13.8 Å². The maximum atomic E-state index is 12.7. The van der Waals surface area contributed by atoms with Crippen molar-refractivity contribution in [2.75, 3.05) is 12.3 Å². The van der Waals surface area contributed by atoms with Crippen LogP contribution in [-0.4, -0.2) is 20.7 Å². The molecular formula is C12H18FNO2S. The molecule has 0 aromatic heterocycles. The molecule has 1 aromatic rings. The number of nitrogens with two attached hydrogens (primary N) is 1. The average molecular weight is 259 g/mol. The molecule has 0 saturated carbocycles. The Labute approximate surface area is 102 Å². The minimum Gasteiger partial charge on any atom is -0.330 e. The highest BCUT2D eigenvalue weighted by Gasteiger charge is 2.21. The lowest BCUT2D eigenvalue weighted by atomic mass is 9.91. The molecule has 1 rings (SSSR count). The summed E-state index contributed by atoms with van der Waals surface area (Å²) in [6.45, 7) is 4.28. The van der Waals surface area contributed by atoms with Gasteiger partial charge in [-0.05, 0) is 42.6 Å². The first-order valence-corrected chi connectivity index (χ1v) is 7.10. The van der Waals surface area contributed by atoms with Crippen LogP contribution in [0.2, 0.25) is 0 Å². The molecular weight excluding hydrogens is 241 g/mol. The minimum atomic E-state index is -3.34. The number of hydrogen-bond donors (Lipinski definition) is 1. The monoisotopic (exact) mass is 259 g/mol. The fourth-order valence-electron chi connectivity index (χ4n) is 1.27. The molecule has 0 saturated heterocycles. The number of rotatable bonds is 5. The van der Waals surface area contributed by atoms with Crippen LogP contribution in [0.4, 0.5) is 4.39 Å². The zero-order chi connectivity index (χ0) is 13.1. The molecule has 0 unspecified atom stereocenters. The van der Waals surface area contributed by atoms with E-state index < -0.39 is 15.7 Å². The summed E-state index contributed by atoms with van der Waals surface area (Å²) < 4.78 is 36.6. The molecule has 0 spiro atoms. The molecule has 0 bridgehead atoms. The molecule has 5 heteroatoms. The Hall–Kier alpha value is -0.940. The molecule has 0 amide bonds. The molecule has 2 N–H and O–H groups in total. The van der Waals surface area contributed by atoms with E-state index >= 15 is 0 Å². The lowest BCUT2D eigenvalue weighted by Gasteiger charge is -2.21. The summed E-state index contributed by atoms with van der Waals surface area (Å²) in [6, 6.07) is 4.89. The van der Waals surface area contributed by atoms with Crippen molar-refractivity contribution in [2.45, 2.75) is 25.2 Å². The normalized spacial score (nSPS) is 12.7. The van der Waals surface area contributed by atoms with Gasteiger partial charge in [0.25, 0.3) is 0 Å². The topological polar surface area (TPSA) is 60.2 Å². The quantitative estimate of drug-likeness (QED) is 0.822. The van der Waals surface area contributed by atoms with Crippen molar-refractivity contribution in [3.8, 4) is 0 Å². The Morgan fingerprint density at radius 3 is 2.24 bits per heavy atom. The summed E-state index contributed by atoms with van der Waals surface area (Å²) in [5, 5.41) is 0. The van der Waals surface area contributed by atoms with E-state index in [1.165, 1.54) is 12.1 Å². The Morgan fingerprint density at radius 2 is 1.76 bits per heavy atom. The third-order valence-electron chi connectivity index (χ3n) is 2.77. The van der Waals surface area contributed by atoms with Crippen molar-refractivity contribution in [3.63, 3.8) is 0 Å². The Morgan fingerprint density at radius 1 is 1.24 bits per heavy atom. The summed E-state index contributed by atoms with van der Waals surface area (Å²) in [5.74, 6) is -0.408. The van der Waals surface area contributed by atoms with E-state index in [2.05, 4.69) is 0 Å². The van der Waals surface area contributed by atoms with Gasteiger partial charge in [0, 0.05) is 0 Å². The van der Waals surface area contributed by atoms with E-state index in [0.717, 1.165) is 12.1 Å². The fourth-order valence-corrected chi connectivity index (χ4v) is 2.88. The number of sulfone groups is 1. The first-order valence-electron chi connectivity index (χ1n) is 5.45. The minimum absolute atomic E-state index is 0.0306. The van der Waals surface area contributed by atoms with Crippen LogP contribution in [0.25, 0.3) is 0 Å². The van der Waals surface area contributed by atoms with Crippen LogP contribution in [0.5, 0.6) is 0 Å². The van der Waals surface area contributed by atoms with Crippen LogP contribution in [-0.2, 0) is 9.84 Å². The van der Waals surface area contributed by atoms with Gasteiger partial charge in [-0.25, -0.2) is 12.8 Å². The summed E-state index contributed by atoms with van der Waals surface area (Å²) in [7, 11) is -3.34. The van der Waals surface area contributed by atoms with Gasteiger partial charge in [-0.15, -0.1) is 0 Å². The molecule has 0 fully saturated rings. The van der Waals surface area contributed by atoms with Crippen molar-refractivity contribution in [3.05, 3.63) is 30.1 Å². The molecule has 0 aliphatic carbocycles. The van der Waals surface area contributed by atoms with Crippen molar-refractivity contribution < 1.29 is 12.8 Å². The number of benzene rings is 1. The predicted molar refractivity (Wildman–Crippen MR) is 65.9 cm³/mol. The van der Waals surface area contributed by atoms with Crippen LogP contribution < -0.4 is 5.73 Å². The summed E-state index contributed by atoms with van der Waals surface area (Å²) >= 11 is 0. The highest BCUT2D eigenvalue weighted by Crippen LogP contribution is 2.22. The molecule has 0 heterocycles. The smallest absolute Gasteiger partial charge is 0.178 e. The molecule has 0 atom stereocenters. The van der Waals surface area contributed by atoms with E-state index in [9.17, 15) is 12.8 Å². The van der Waals surface area contributed by atoms with E-state index in [0.29, 0.717) is 13.0 Å². The highest BCUT2D eigenvalue weighted by atomic mass is 32.2. The molecule has 0 aliphatic rings. The molecule has 17 heavy (non-hydrogen) atoms. The van der Waals surface area contributed by atoms with Gasteiger partial charge in [-0.3, -0.25) is 0 Å². The molecule has 3 nitrogen and oxygen atoms in total.